The first-order chi connectivity index (χ1) is 11.3. The van der Waals surface area contributed by atoms with Crippen molar-refractivity contribution in [3.63, 3.8) is 0 Å². The van der Waals surface area contributed by atoms with Gasteiger partial charge in [-0.25, -0.2) is 9.98 Å². The molecule has 0 saturated carbocycles. The number of para-hydroxylation sites is 1. The van der Waals surface area contributed by atoms with Crippen LogP contribution in [-0.4, -0.2) is 40.4 Å². The topological polar surface area (TPSA) is 79.2 Å². The van der Waals surface area contributed by atoms with Crippen LogP contribution in [0.15, 0.2) is 41.7 Å². The Hall–Kier alpha value is -1.84. The van der Waals surface area contributed by atoms with Crippen molar-refractivity contribution >= 4 is 35.6 Å². The molecule has 0 amide bonds. The van der Waals surface area contributed by atoms with Gasteiger partial charge in [0.2, 0.25) is 0 Å². The van der Waals surface area contributed by atoms with Gasteiger partial charge in [0, 0.05) is 32.4 Å². The van der Waals surface area contributed by atoms with Gasteiger partial charge in [0.05, 0.1) is 0 Å². The summed E-state index contributed by atoms with van der Waals surface area (Å²) in [7, 11) is 1.87. The van der Waals surface area contributed by atoms with Crippen LogP contribution in [0.3, 0.4) is 0 Å². The van der Waals surface area contributed by atoms with E-state index in [2.05, 4.69) is 50.1 Å². The van der Waals surface area contributed by atoms with Crippen molar-refractivity contribution in [3.8, 4) is 0 Å². The number of nitrogens with zero attached hydrogens (tertiary/aromatic N) is 4. The van der Waals surface area contributed by atoms with E-state index in [-0.39, 0.29) is 24.0 Å². The summed E-state index contributed by atoms with van der Waals surface area (Å²) in [4.78, 5) is 8.69. The number of hydrogen-bond donors (Lipinski definition) is 3. The second-order valence-corrected chi connectivity index (χ2v) is 5.07. The SMILES string of the molecule is CCNC(=NCc1ncnn1C)NCCCNc1ccccc1.I. The highest BCUT2D eigenvalue weighted by molar-refractivity contribution is 14.0. The summed E-state index contributed by atoms with van der Waals surface area (Å²) < 4.78 is 1.73. The summed E-state index contributed by atoms with van der Waals surface area (Å²) in [6.07, 6.45) is 2.55. The van der Waals surface area contributed by atoms with Crippen LogP contribution < -0.4 is 16.0 Å². The highest BCUT2D eigenvalue weighted by Gasteiger charge is 2.01. The van der Waals surface area contributed by atoms with Crippen molar-refractivity contribution in [2.24, 2.45) is 12.0 Å². The summed E-state index contributed by atoms with van der Waals surface area (Å²) in [6.45, 7) is 5.15. The smallest absolute Gasteiger partial charge is 0.191 e. The number of nitrogens with one attached hydrogen (secondary N) is 3. The number of aliphatic imine (C=N–C) groups is 1. The predicted molar refractivity (Wildman–Crippen MR) is 109 cm³/mol. The number of aromatic nitrogens is 3. The molecule has 0 saturated heterocycles. The third kappa shape index (κ3) is 7.16. The molecule has 2 rings (SSSR count). The summed E-state index contributed by atoms with van der Waals surface area (Å²) in [5.74, 6) is 1.64. The molecule has 1 aromatic heterocycles. The monoisotopic (exact) mass is 443 g/mol. The van der Waals surface area contributed by atoms with Crippen molar-refractivity contribution in [3.05, 3.63) is 42.5 Å². The van der Waals surface area contributed by atoms with Crippen molar-refractivity contribution < 1.29 is 0 Å². The molecule has 2 aromatic rings. The number of hydrogen-bond acceptors (Lipinski definition) is 4. The zero-order valence-corrected chi connectivity index (χ0v) is 16.5. The highest BCUT2D eigenvalue weighted by atomic mass is 127. The molecule has 0 fully saturated rings. The maximum atomic E-state index is 4.52. The summed E-state index contributed by atoms with van der Waals surface area (Å²) in [5.41, 5.74) is 1.15. The van der Waals surface area contributed by atoms with Gasteiger partial charge in [0.25, 0.3) is 0 Å². The Morgan fingerprint density at radius 2 is 1.96 bits per heavy atom. The van der Waals surface area contributed by atoms with Crippen LogP contribution in [0.5, 0.6) is 0 Å². The number of anilines is 1. The van der Waals surface area contributed by atoms with Crippen LogP contribution >= 0.6 is 24.0 Å². The van der Waals surface area contributed by atoms with E-state index in [0.29, 0.717) is 6.54 Å². The molecule has 0 radical (unpaired) electrons. The van der Waals surface area contributed by atoms with Gasteiger partial charge < -0.3 is 16.0 Å². The van der Waals surface area contributed by atoms with E-state index in [9.17, 15) is 0 Å². The van der Waals surface area contributed by atoms with Gasteiger partial charge in [0.1, 0.15) is 18.7 Å². The second kappa shape index (κ2) is 11.7. The van der Waals surface area contributed by atoms with Crippen molar-refractivity contribution in [1.29, 1.82) is 0 Å². The zero-order chi connectivity index (χ0) is 16.3. The Bertz CT molecular complexity index is 597. The molecule has 0 atom stereocenters. The van der Waals surface area contributed by atoms with Crippen LogP contribution in [-0.2, 0) is 13.6 Å². The van der Waals surface area contributed by atoms with Gasteiger partial charge in [-0.1, -0.05) is 18.2 Å². The van der Waals surface area contributed by atoms with E-state index >= 15 is 0 Å². The predicted octanol–water partition coefficient (Wildman–Crippen LogP) is 1.99. The molecular weight excluding hydrogens is 417 g/mol. The third-order valence-electron chi connectivity index (χ3n) is 3.28. The van der Waals surface area contributed by atoms with Crippen molar-refractivity contribution in [2.45, 2.75) is 19.9 Å². The lowest BCUT2D eigenvalue weighted by Gasteiger charge is -2.11. The molecule has 0 aliphatic heterocycles. The van der Waals surface area contributed by atoms with Gasteiger partial charge in [-0.15, -0.1) is 24.0 Å². The summed E-state index contributed by atoms with van der Waals surface area (Å²) >= 11 is 0. The molecule has 0 bridgehead atoms. The van der Waals surface area contributed by atoms with Crippen LogP contribution in [0.1, 0.15) is 19.2 Å². The normalized spacial score (nSPS) is 10.8. The Morgan fingerprint density at radius 1 is 1.17 bits per heavy atom. The highest BCUT2D eigenvalue weighted by Crippen LogP contribution is 2.04. The average molecular weight is 443 g/mol. The molecule has 3 N–H and O–H groups in total. The maximum absolute atomic E-state index is 4.52. The first kappa shape index (κ1) is 20.2. The minimum atomic E-state index is 0. The fourth-order valence-electron chi connectivity index (χ4n) is 2.04. The quantitative estimate of drug-likeness (QED) is 0.252. The molecular formula is C16H26IN7. The van der Waals surface area contributed by atoms with E-state index in [1.807, 2.05) is 25.2 Å². The van der Waals surface area contributed by atoms with Gasteiger partial charge in [-0.05, 0) is 25.5 Å². The van der Waals surface area contributed by atoms with E-state index < -0.39 is 0 Å². The first-order valence-electron chi connectivity index (χ1n) is 7.93. The molecule has 132 valence electrons. The van der Waals surface area contributed by atoms with Crippen LogP contribution in [0.25, 0.3) is 0 Å². The zero-order valence-electron chi connectivity index (χ0n) is 14.2. The van der Waals surface area contributed by atoms with Gasteiger partial charge >= 0.3 is 0 Å². The van der Waals surface area contributed by atoms with Gasteiger partial charge in [-0.2, -0.15) is 5.10 Å². The number of rotatable bonds is 8. The van der Waals surface area contributed by atoms with E-state index in [4.69, 9.17) is 0 Å². The lowest BCUT2D eigenvalue weighted by molar-refractivity contribution is 0.696. The lowest BCUT2D eigenvalue weighted by Crippen LogP contribution is -2.38. The molecule has 7 nitrogen and oxygen atoms in total. The van der Waals surface area contributed by atoms with Crippen LogP contribution in [0.2, 0.25) is 0 Å². The molecule has 0 unspecified atom stereocenters. The Labute approximate surface area is 160 Å². The van der Waals surface area contributed by atoms with E-state index in [1.54, 1.807) is 11.0 Å². The average Bonchev–Trinajstić information content (AvgIpc) is 2.98. The number of guanidine groups is 1. The van der Waals surface area contributed by atoms with Gasteiger partial charge in [-0.3, -0.25) is 4.68 Å². The molecule has 24 heavy (non-hydrogen) atoms. The first-order valence-corrected chi connectivity index (χ1v) is 7.93. The lowest BCUT2D eigenvalue weighted by atomic mass is 10.3. The van der Waals surface area contributed by atoms with Crippen molar-refractivity contribution in [2.75, 3.05) is 25.0 Å². The minimum Gasteiger partial charge on any atom is -0.385 e. The molecule has 1 aromatic carbocycles. The standard InChI is InChI=1S/C16H25N7.HI/c1-3-17-16(20-12-15-21-13-22-23(15)2)19-11-7-10-18-14-8-5-4-6-9-14;/h4-6,8-9,13,18H,3,7,10-12H2,1-2H3,(H2,17,19,20);1H. The Kier molecular flexibility index (Phi) is 9.81. The fraction of sp³-hybridized carbons (Fsp3) is 0.438. The molecule has 8 heteroatoms. The maximum Gasteiger partial charge on any atom is 0.191 e. The minimum absolute atomic E-state index is 0. The molecule has 0 aliphatic carbocycles. The summed E-state index contributed by atoms with van der Waals surface area (Å²) in [5, 5.41) is 14.0. The Morgan fingerprint density at radius 3 is 2.62 bits per heavy atom. The Balaban J connectivity index is 0.00000288. The molecule has 1 heterocycles. The third-order valence-corrected chi connectivity index (χ3v) is 3.28. The number of halogens is 1. The fourth-order valence-corrected chi connectivity index (χ4v) is 2.04. The van der Waals surface area contributed by atoms with E-state index in [1.165, 1.54) is 0 Å². The molecule has 0 spiro atoms. The number of aryl methyl sites for hydroxylation is 1. The largest absolute Gasteiger partial charge is 0.385 e. The summed E-state index contributed by atoms with van der Waals surface area (Å²) in [6, 6.07) is 10.2. The van der Waals surface area contributed by atoms with Crippen LogP contribution in [0, 0.1) is 0 Å². The number of benzene rings is 1. The second-order valence-electron chi connectivity index (χ2n) is 5.07. The molecule has 0 aliphatic rings. The van der Waals surface area contributed by atoms with Gasteiger partial charge in [0.15, 0.2) is 5.96 Å². The van der Waals surface area contributed by atoms with Crippen molar-refractivity contribution in [1.82, 2.24) is 25.4 Å². The van der Waals surface area contributed by atoms with E-state index in [0.717, 1.165) is 43.5 Å². The van der Waals surface area contributed by atoms with Crippen LogP contribution in [0.4, 0.5) is 5.69 Å².